The number of pyridine rings is 1. The molecule has 0 spiro atoms. The minimum atomic E-state index is -0.622. The van der Waals surface area contributed by atoms with Crippen molar-refractivity contribution in [3.05, 3.63) is 93.3 Å². The Hall–Kier alpha value is -4.27. The summed E-state index contributed by atoms with van der Waals surface area (Å²) in [5, 5.41) is 12.5. The largest absolute Gasteiger partial charge is 0.438 e. The van der Waals surface area contributed by atoms with Crippen molar-refractivity contribution in [3.8, 4) is 22.8 Å². The highest BCUT2D eigenvalue weighted by atomic mass is 32.1. The maximum Gasteiger partial charge on any atom is 0.270 e. The summed E-state index contributed by atoms with van der Waals surface area (Å²) in [5.74, 6) is -0.433. The summed E-state index contributed by atoms with van der Waals surface area (Å²) in [7, 11) is 0. The van der Waals surface area contributed by atoms with Gasteiger partial charge in [-0.15, -0.1) is 11.3 Å². The van der Waals surface area contributed by atoms with Gasteiger partial charge >= 0.3 is 0 Å². The van der Waals surface area contributed by atoms with Crippen LogP contribution >= 0.6 is 11.3 Å². The third-order valence-electron chi connectivity index (χ3n) is 10.8. The van der Waals surface area contributed by atoms with E-state index in [0.717, 1.165) is 74.8 Å². The molecule has 3 fully saturated rings. The topological polar surface area (TPSA) is 121 Å². The van der Waals surface area contributed by atoms with Gasteiger partial charge in [0.15, 0.2) is 0 Å². The lowest BCUT2D eigenvalue weighted by atomic mass is 9.91. The second kappa shape index (κ2) is 18.3. The van der Waals surface area contributed by atoms with Gasteiger partial charge in [0, 0.05) is 74.7 Å². The Kier molecular flexibility index (Phi) is 13.1. The molecule has 4 heterocycles. The number of rotatable bonds is 12. The number of nitrogens with one attached hydrogen (secondary N) is 3. The van der Waals surface area contributed by atoms with Gasteiger partial charge in [-0.2, -0.15) is 0 Å². The van der Waals surface area contributed by atoms with E-state index in [9.17, 15) is 14.0 Å². The van der Waals surface area contributed by atoms with Gasteiger partial charge in [0.05, 0.1) is 24.4 Å². The molecule has 2 aromatic heterocycles. The maximum absolute atomic E-state index is 14.6. The van der Waals surface area contributed by atoms with Gasteiger partial charge in [0.25, 0.3) is 11.8 Å². The summed E-state index contributed by atoms with van der Waals surface area (Å²) < 4.78 is 26.5. The zero-order valence-electron chi connectivity index (χ0n) is 32.9. The Morgan fingerprint density at radius 1 is 0.946 bits per heavy atom. The first-order valence-electron chi connectivity index (χ1n) is 20.0. The van der Waals surface area contributed by atoms with E-state index in [-0.39, 0.29) is 35.4 Å². The minimum absolute atomic E-state index is 0.00713. The van der Waals surface area contributed by atoms with Crippen LogP contribution in [0.5, 0.6) is 11.6 Å². The number of carbonyl (C=O) groups excluding carboxylic acids is 2. The number of morpholine rings is 1. The number of carbonyl (C=O) groups is 2. The van der Waals surface area contributed by atoms with Crippen molar-refractivity contribution in [2.45, 2.75) is 96.6 Å². The summed E-state index contributed by atoms with van der Waals surface area (Å²) in [5.41, 5.74) is 5.08. The third-order valence-corrected chi connectivity index (χ3v) is 11.9. The normalized spacial score (nSPS) is 22.2. The van der Waals surface area contributed by atoms with Crippen LogP contribution in [0.2, 0.25) is 0 Å². The molecule has 2 aliphatic heterocycles. The average molecular weight is 784 g/mol. The third kappa shape index (κ3) is 10.4. The Labute approximate surface area is 333 Å². The zero-order chi connectivity index (χ0) is 39.2. The van der Waals surface area contributed by atoms with Gasteiger partial charge in [-0.1, -0.05) is 44.2 Å². The van der Waals surface area contributed by atoms with Crippen LogP contribution in [0, 0.1) is 5.82 Å². The molecule has 2 saturated heterocycles. The standard InChI is InChI=1S/C43H54FN7O4S/c1-27(2)43-49-39(26-56-43)41(53)48-35-11-9-34(10-12-35)47-40(52)38-20-33(44)21-45-42(38)55-36-7-5-6-31(19-36)37-13-8-30(24-51-22-28(3)46-29(4)23-51)18-32(37)25-50-14-16-54-17-15-50/h5-8,13,18-21,26-29,34-35,46H,9-12,14-17,22-25H2,1-4H3,(H,47,52)(H,48,53)/t28-,29+,34?,35?. The van der Waals surface area contributed by atoms with Crippen LogP contribution in [0.25, 0.3) is 11.1 Å². The monoisotopic (exact) mass is 783 g/mol. The second-order valence-corrected chi connectivity index (χ2v) is 16.8. The van der Waals surface area contributed by atoms with Gasteiger partial charge in [0.1, 0.15) is 22.8 Å². The fraction of sp³-hybridized carbons (Fsp3) is 0.488. The van der Waals surface area contributed by atoms with Crippen LogP contribution < -0.4 is 20.7 Å². The molecule has 3 N–H and O–H groups in total. The highest BCUT2D eigenvalue weighted by Crippen LogP contribution is 2.32. The van der Waals surface area contributed by atoms with Gasteiger partial charge in [-0.05, 0) is 80.0 Å². The number of nitrogens with zero attached hydrogens (tertiary/aromatic N) is 4. The molecule has 3 aliphatic rings. The first-order chi connectivity index (χ1) is 27.1. The summed E-state index contributed by atoms with van der Waals surface area (Å²) in [6, 6.07) is 16.5. The van der Waals surface area contributed by atoms with Crippen LogP contribution in [0.3, 0.4) is 0 Å². The van der Waals surface area contributed by atoms with Crippen molar-refractivity contribution >= 4 is 23.2 Å². The molecule has 11 nitrogen and oxygen atoms in total. The summed E-state index contributed by atoms with van der Waals surface area (Å²) >= 11 is 1.50. The summed E-state index contributed by atoms with van der Waals surface area (Å²) in [4.78, 5) is 40.1. The molecule has 2 aromatic carbocycles. The molecule has 4 aromatic rings. The number of thiazole rings is 1. The lowest BCUT2D eigenvalue weighted by Crippen LogP contribution is -2.53. The highest BCUT2D eigenvalue weighted by Gasteiger charge is 2.27. The van der Waals surface area contributed by atoms with E-state index in [2.05, 4.69) is 87.7 Å². The molecule has 298 valence electrons. The first kappa shape index (κ1) is 39.9. The molecule has 2 atom stereocenters. The molecule has 1 aliphatic carbocycles. The van der Waals surface area contributed by atoms with E-state index < -0.39 is 11.7 Å². The quantitative estimate of drug-likeness (QED) is 0.144. The molecule has 56 heavy (non-hydrogen) atoms. The number of hydrogen-bond donors (Lipinski definition) is 3. The average Bonchev–Trinajstić information content (AvgIpc) is 3.68. The Morgan fingerprint density at radius 2 is 1.66 bits per heavy atom. The van der Waals surface area contributed by atoms with Crippen LogP contribution in [-0.4, -0.2) is 95.1 Å². The van der Waals surface area contributed by atoms with Crippen LogP contribution in [0.15, 0.2) is 60.1 Å². The number of benzene rings is 2. The van der Waals surface area contributed by atoms with Crippen molar-refractivity contribution < 1.29 is 23.5 Å². The van der Waals surface area contributed by atoms with E-state index in [1.165, 1.54) is 28.5 Å². The highest BCUT2D eigenvalue weighted by molar-refractivity contribution is 7.09. The SMILES string of the molecule is CC(C)c1nc(C(=O)NC2CCC(NC(=O)c3cc(F)cnc3Oc3cccc(-c4ccc(CN5C[C@@H](C)N[C@@H](C)C5)cc4CN4CCOCC4)c3)CC2)cs1. The second-order valence-electron chi connectivity index (χ2n) is 15.9. The van der Waals surface area contributed by atoms with Gasteiger partial charge < -0.3 is 25.4 Å². The van der Waals surface area contributed by atoms with Crippen molar-refractivity contribution in [1.82, 2.24) is 35.7 Å². The molecule has 1 saturated carbocycles. The van der Waals surface area contributed by atoms with Gasteiger partial charge in [0.2, 0.25) is 5.88 Å². The van der Waals surface area contributed by atoms with E-state index >= 15 is 0 Å². The van der Waals surface area contributed by atoms with E-state index in [1.807, 2.05) is 18.2 Å². The zero-order valence-corrected chi connectivity index (χ0v) is 33.7. The fourth-order valence-corrected chi connectivity index (χ4v) is 8.87. The molecule has 7 rings (SSSR count). The lowest BCUT2D eigenvalue weighted by Gasteiger charge is -2.36. The van der Waals surface area contributed by atoms with Gasteiger partial charge in [-0.3, -0.25) is 19.4 Å². The van der Waals surface area contributed by atoms with Gasteiger partial charge in [-0.25, -0.2) is 14.4 Å². The van der Waals surface area contributed by atoms with Crippen molar-refractivity contribution in [1.29, 1.82) is 0 Å². The van der Waals surface area contributed by atoms with Crippen molar-refractivity contribution in [2.75, 3.05) is 39.4 Å². The maximum atomic E-state index is 14.6. The van der Waals surface area contributed by atoms with Crippen LogP contribution in [0.4, 0.5) is 4.39 Å². The van der Waals surface area contributed by atoms with E-state index in [1.54, 1.807) is 5.38 Å². The Balaban J connectivity index is 1.02. The summed E-state index contributed by atoms with van der Waals surface area (Å²) in [6.07, 6.45) is 3.82. The van der Waals surface area contributed by atoms with Crippen LogP contribution in [0.1, 0.15) is 96.3 Å². The molecule has 13 heteroatoms. The Bertz CT molecular complexity index is 1970. The molecule has 2 amide bonds. The predicted molar refractivity (Wildman–Crippen MR) is 217 cm³/mol. The summed E-state index contributed by atoms with van der Waals surface area (Å²) in [6.45, 7) is 15.5. The first-order valence-corrected chi connectivity index (χ1v) is 20.9. The minimum Gasteiger partial charge on any atom is -0.438 e. The fourth-order valence-electron chi connectivity index (χ4n) is 8.06. The van der Waals surface area contributed by atoms with E-state index in [4.69, 9.17) is 9.47 Å². The molecule has 0 radical (unpaired) electrons. The number of halogens is 1. The lowest BCUT2D eigenvalue weighted by molar-refractivity contribution is 0.0342. The Morgan fingerprint density at radius 3 is 2.36 bits per heavy atom. The van der Waals surface area contributed by atoms with Crippen LogP contribution in [-0.2, 0) is 17.8 Å². The molecule has 0 bridgehead atoms. The van der Waals surface area contributed by atoms with Crippen molar-refractivity contribution in [2.24, 2.45) is 0 Å². The van der Waals surface area contributed by atoms with E-state index in [0.29, 0.717) is 49.2 Å². The predicted octanol–water partition coefficient (Wildman–Crippen LogP) is 6.75. The number of aromatic nitrogens is 2. The smallest absolute Gasteiger partial charge is 0.270 e. The number of amides is 2. The molecular weight excluding hydrogens is 730 g/mol. The number of piperazine rings is 1. The number of hydrogen-bond acceptors (Lipinski definition) is 10. The molecular formula is C43H54FN7O4S. The van der Waals surface area contributed by atoms with Crippen molar-refractivity contribution in [3.63, 3.8) is 0 Å². The molecule has 0 unspecified atom stereocenters. The number of ether oxygens (including phenoxy) is 2.